The highest BCUT2D eigenvalue weighted by Gasteiger charge is 2.16. The lowest BCUT2D eigenvalue weighted by atomic mass is 10.1. The van der Waals surface area contributed by atoms with Crippen LogP contribution in [0.15, 0.2) is 18.2 Å². The second kappa shape index (κ2) is 4.96. The summed E-state index contributed by atoms with van der Waals surface area (Å²) in [6.07, 6.45) is 0.949. The van der Waals surface area contributed by atoms with Gasteiger partial charge in [0.2, 0.25) is 0 Å². The average molecular weight is 223 g/mol. The van der Waals surface area contributed by atoms with E-state index in [1.807, 2.05) is 11.9 Å². The molecule has 0 saturated heterocycles. The van der Waals surface area contributed by atoms with E-state index in [2.05, 4.69) is 13.8 Å². The molecule has 16 heavy (non-hydrogen) atoms. The van der Waals surface area contributed by atoms with Gasteiger partial charge in [-0.05, 0) is 25.5 Å². The summed E-state index contributed by atoms with van der Waals surface area (Å²) in [5, 5.41) is 7.42. The van der Waals surface area contributed by atoms with Gasteiger partial charge in [-0.3, -0.25) is 5.41 Å². The van der Waals surface area contributed by atoms with Gasteiger partial charge < -0.3 is 10.6 Å². The van der Waals surface area contributed by atoms with Gasteiger partial charge in [-0.1, -0.05) is 13.0 Å². The van der Waals surface area contributed by atoms with E-state index in [9.17, 15) is 4.39 Å². The third kappa shape index (κ3) is 2.32. The van der Waals surface area contributed by atoms with Crippen molar-refractivity contribution in [3.63, 3.8) is 0 Å². The Morgan fingerprint density at radius 2 is 2.19 bits per heavy atom. The quantitative estimate of drug-likeness (QED) is 0.608. The molecule has 0 fully saturated rings. The largest absolute Gasteiger partial charge is 0.384 e. The molecule has 1 unspecified atom stereocenters. The predicted octanol–water partition coefficient (Wildman–Crippen LogP) is 2.34. The number of nitrogens with zero attached hydrogens (tertiary/aromatic N) is 1. The van der Waals surface area contributed by atoms with E-state index < -0.39 is 5.82 Å². The number of nitrogens with two attached hydrogens (primary N) is 1. The average Bonchev–Trinajstić information content (AvgIpc) is 2.26. The van der Waals surface area contributed by atoms with Crippen molar-refractivity contribution in [3.8, 4) is 0 Å². The number of hydrogen-bond donors (Lipinski definition) is 2. The minimum absolute atomic E-state index is 0.185. The van der Waals surface area contributed by atoms with Crippen LogP contribution in [0, 0.1) is 11.2 Å². The van der Waals surface area contributed by atoms with E-state index in [0.29, 0.717) is 5.69 Å². The van der Waals surface area contributed by atoms with Crippen LogP contribution < -0.4 is 10.6 Å². The van der Waals surface area contributed by atoms with Crippen LogP contribution >= 0.6 is 0 Å². The SMILES string of the molecule is CCC(C)N(C)c1cccc(F)c1C(=N)N. The smallest absolute Gasteiger partial charge is 0.136 e. The molecule has 0 aliphatic heterocycles. The summed E-state index contributed by atoms with van der Waals surface area (Å²) >= 11 is 0. The van der Waals surface area contributed by atoms with Crippen molar-refractivity contribution in [1.29, 1.82) is 5.41 Å². The molecule has 0 aromatic heterocycles. The molecule has 1 aromatic carbocycles. The second-order valence-electron chi connectivity index (χ2n) is 3.92. The number of rotatable bonds is 4. The van der Waals surface area contributed by atoms with Crippen LogP contribution in [-0.4, -0.2) is 18.9 Å². The number of nitrogen functional groups attached to an aromatic ring is 1. The van der Waals surface area contributed by atoms with E-state index in [0.717, 1.165) is 6.42 Å². The number of benzene rings is 1. The highest BCUT2D eigenvalue weighted by atomic mass is 19.1. The lowest BCUT2D eigenvalue weighted by Crippen LogP contribution is -2.30. The molecule has 0 aliphatic rings. The van der Waals surface area contributed by atoms with E-state index in [4.69, 9.17) is 11.1 Å². The molecule has 0 spiro atoms. The molecule has 1 aromatic rings. The molecule has 0 saturated carbocycles. The molecule has 88 valence electrons. The molecular formula is C12H18FN3. The lowest BCUT2D eigenvalue weighted by Gasteiger charge is -2.28. The molecule has 0 aliphatic carbocycles. The molecule has 0 amide bonds. The van der Waals surface area contributed by atoms with Gasteiger partial charge in [-0.25, -0.2) is 4.39 Å². The van der Waals surface area contributed by atoms with Crippen molar-refractivity contribution in [1.82, 2.24) is 0 Å². The number of amidine groups is 1. The topological polar surface area (TPSA) is 53.1 Å². The second-order valence-corrected chi connectivity index (χ2v) is 3.92. The van der Waals surface area contributed by atoms with Crippen molar-refractivity contribution in [2.75, 3.05) is 11.9 Å². The minimum atomic E-state index is -0.444. The Morgan fingerprint density at radius 1 is 1.56 bits per heavy atom. The summed E-state index contributed by atoms with van der Waals surface area (Å²) in [4.78, 5) is 1.94. The predicted molar refractivity (Wildman–Crippen MR) is 65.6 cm³/mol. The summed E-state index contributed by atoms with van der Waals surface area (Å²) in [7, 11) is 1.88. The van der Waals surface area contributed by atoms with Crippen molar-refractivity contribution in [2.45, 2.75) is 26.3 Å². The maximum atomic E-state index is 13.6. The highest BCUT2D eigenvalue weighted by Crippen LogP contribution is 2.24. The van der Waals surface area contributed by atoms with Gasteiger partial charge in [0.15, 0.2) is 0 Å². The Morgan fingerprint density at radius 3 is 2.69 bits per heavy atom. The summed E-state index contributed by atoms with van der Waals surface area (Å²) in [5.41, 5.74) is 6.27. The van der Waals surface area contributed by atoms with E-state index in [1.165, 1.54) is 6.07 Å². The van der Waals surface area contributed by atoms with E-state index in [1.54, 1.807) is 12.1 Å². The molecule has 0 bridgehead atoms. The van der Waals surface area contributed by atoms with Gasteiger partial charge in [0, 0.05) is 13.1 Å². The molecule has 0 radical (unpaired) electrons. The van der Waals surface area contributed by atoms with Gasteiger partial charge in [0.25, 0.3) is 0 Å². The van der Waals surface area contributed by atoms with Crippen molar-refractivity contribution >= 4 is 11.5 Å². The molecule has 1 atom stereocenters. The zero-order valence-corrected chi connectivity index (χ0v) is 9.92. The Hall–Kier alpha value is -1.58. The third-order valence-corrected chi connectivity index (χ3v) is 2.89. The molecule has 4 heteroatoms. The van der Waals surface area contributed by atoms with Crippen LogP contribution in [0.5, 0.6) is 0 Å². The normalized spacial score (nSPS) is 12.2. The first-order chi connectivity index (χ1) is 7.49. The van der Waals surface area contributed by atoms with Crippen molar-refractivity contribution < 1.29 is 4.39 Å². The summed E-state index contributed by atoms with van der Waals surface area (Å²) in [6, 6.07) is 5.02. The summed E-state index contributed by atoms with van der Waals surface area (Å²) in [5.74, 6) is -0.677. The van der Waals surface area contributed by atoms with Crippen LogP contribution in [0.4, 0.5) is 10.1 Å². The number of hydrogen-bond acceptors (Lipinski definition) is 2. The Balaban J connectivity index is 3.22. The first kappa shape index (κ1) is 12.5. The highest BCUT2D eigenvalue weighted by molar-refractivity contribution is 6.00. The fourth-order valence-corrected chi connectivity index (χ4v) is 1.58. The van der Waals surface area contributed by atoms with Crippen LogP contribution in [0.25, 0.3) is 0 Å². The van der Waals surface area contributed by atoms with Gasteiger partial charge in [-0.2, -0.15) is 0 Å². The monoisotopic (exact) mass is 223 g/mol. The lowest BCUT2D eigenvalue weighted by molar-refractivity contribution is 0.618. The standard InChI is InChI=1S/C12H18FN3/c1-4-8(2)16(3)10-7-5-6-9(13)11(10)12(14)15/h5-8H,4H2,1-3H3,(H3,14,15). The van der Waals surface area contributed by atoms with Crippen LogP contribution in [0.3, 0.4) is 0 Å². The van der Waals surface area contributed by atoms with Crippen LogP contribution in [-0.2, 0) is 0 Å². The van der Waals surface area contributed by atoms with Gasteiger partial charge in [0.1, 0.15) is 11.7 Å². The summed E-state index contributed by atoms with van der Waals surface area (Å²) < 4.78 is 13.6. The summed E-state index contributed by atoms with van der Waals surface area (Å²) in [6.45, 7) is 4.11. The van der Waals surface area contributed by atoms with E-state index >= 15 is 0 Å². The van der Waals surface area contributed by atoms with E-state index in [-0.39, 0.29) is 17.4 Å². The molecule has 3 N–H and O–H groups in total. The number of nitrogens with one attached hydrogen (secondary N) is 1. The molecular weight excluding hydrogens is 205 g/mol. The van der Waals surface area contributed by atoms with Crippen molar-refractivity contribution in [2.24, 2.45) is 5.73 Å². The zero-order valence-electron chi connectivity index (χ0n) is 9.92. The maximum absolute atomic E-state index is 13.6. The molecule has 3 nitrogen and oxygen atoms in total. The fourth-order valence-electron chi connectivity index (χ4n) is 1.58. The maximum Gasteiger partial charge on any atom is 0.136 e. The first-order valence-electron chi connectivity index (χ1n) is 5.34. The Bertz CT molecular complexity index is 390. The van der Waals surface area contributed by atoms with Gasteiger partial charge in [0.05, 0.1) is 11.3 Å². The molecule has 1 rings (SSSR count). The van der Waals surface area contributed by atoms with Gasteiger partial charge >= 0.3 is 0 Å². The number of halogens is 1. The van der Waals surface area contributed by atoms with Gasteiger partial charge in [-0.15, -0.1) is 0 Å². The Labute approximate surface area is 95.6 Å². The molecule has 0 heterocycles. The van der Waals surface area contributed by atoms with Crippen molar-refractivity contribution in [3.05, 3.63) is 29.6 Å². The van der Waals surface area contributed by atoms with Crippen LogP contribution in [0.2, 0.25) is 0 Å². The first-order valence-corrected chi connectivity index (χ1v) is 5.34. The minimum Gasteiger partial charge on any atom is -0.384 e. The Kier molecular flexibility index (Phi) is 3.88. The fraction of sp³-hybridized carbons (Fsp3) is 0.417. The van der Waals surface area contributed by atoms with Crippen LogP contribution in [0.1, 0.15) is 25.8 Å². The zero-order chi connectivity index (χ0) is 12.3. The third-order valence-electron chi connectivity index (χ3n) is 2.89. The number of anilines is 1.